The number of nitrogens with zero attached hydrogens (tertiary/aromatic N) is 4. The normalized spacial score (nSPS) is 15.1. The monoisotopic (exact) mass is 457 g/mol. The molecule has 0 fully saturated rings. The number of para-hydroxylation sites is 1. The first-order chi connectivity index (χ1) is 17.1. The molecule has 1 N–H and O–H groups in total. The molecule has 0 saturated heterocycles. The van der Waals surface area contributed by atoms with Crippen molar-refractivity contribution in [3.05, 3.63) is 107 Å². The molecule has 1 aliphatic carbocycles. The second-order valence-electron chi connectivity index (χ2n) is 8.90. The van der Waals surface area contributed by atoms with Crippen LogP contribution in [0.25, 0.3) is 22.2 Å². The molecule has 0 unspecified atom stereocenters. The van der Waals surface area contributed by atoms with E-state index in [0.717, 1.165) is 33.4 Å². The third-order valence-corrected chi connectivity index (χ3v) is 6.46. The van der Waals surface area contributed by atoms with Crippen LogP contribution in [0, 0.1) is 6.92 Å². The Hall–Kier alpha value is -4.45. The van der Waals surface area contributed by atoms with Gasteiger partial charge in [-0.3, -0.25) is 10.1 Å². The summed E-state index contributed by atoms with van der Waals surface area (Å²) in [5, 5.41) is 4.15. The van der Waals surface area contributed by atoms with Crippen LogP contribution in [0.4, 0.5) is 11.9 Å². The van der Waals surface area contributed by atoms with Crippen molar-refractivity contribution >= 4 is 28.6 Å². The average Bonchev–Trinajstić information content (AvgIpc) is 2.89. The Morgan fingerprint density at radius 2 is 1.57 bits per heavy atom. The van der Waals surface area contributed by atoms with Crippen molar-refractivity contribution in [1.29, 1.82) is 0 Å². The summed E-state index contributed by atoms with van der Waals surface area (Å²) >= 11 is 0. The number of rotatable bonds is 4. The summed E-state index contributed by atoms with van der Waals surface area (Å²) in [5.74, 6) is 0.992. The number of hydrogen-bond acceptors (Lipinski definition) is 6. The van der Waals surface area contributed by atoms with Gasteiger partial charge in [0.15, 0.2) is 5.78 Å². The Bertz CT molecular complexity index is 1550. The van der Waals surface area contributed by atoms with Gasteiger partial charge >= 0.3 is 0 Å². The van der Waals surface area contributed by atoms with Crippen LogP contribution in [-0.2, 0) is 6.42 Å². The maximum atomic E-state index is 12.8. The molecule has 0 aliphatic heterocycles. The smallest absolute Gasteiger partial charge is 0.230 e. The fraction of sp³-hybridized carbons (Fsp3) is 0.138. The van der Waals surface area contributed by atoms with Gasteiger partial charge in [0, 0.05) is 23.6 Å². The highest BCUT2D eigenvalue weighted by Crippen LogP contribution is 2.33. The quantitative estimate of drug-likeness (QED) is 0.354. The predicted molar refractivity (Wildman–Crippen MR) is 137 cm³/mol. The zero-order chi connectivity index (χ0) is 23.8. The third-order valence-electron chi connectivity index (χ3n) is 6.46. The van der Waals surface area contributed by atoms with E-state index in [4.69, 9.17) is 9.97 Å². The lowest BCUT2D eigenvalue weighted by Crippen LogP contribution is -2.21. The lowest BCUT2D eigenvalue weighted by atomic mass is 9.82. The van der Waals surface area contributed by atoms with Gasteiger partial charge in [-0.1, -0.05) is 78.4 Å². The van der Waals surface area contributed by atoms with E-state index in [1.165, 1.54) is 5.56 Å². The summed E-state index contributed by atoms with van der Waals surface area (Å²) in [6.07, 6.45) is 2.78. The summed E-state index contributed by atoms with van der Waals surface area (Å²) in [5.41, 5.74) is 6.40. The minimum Gasteiger partial charge on any atom is -0.294 e. The molecular formula is C29H23N5O. The second kappa shape index (κ2) is 8.72. The summed E-state index contributed by atoms with van der Waals surface area (Å²) < 4.78 is 0. The number of Topliss-reactive ketones (excluding diaryl/α,β-unsaturated/α-hetero) is 1. The molecule has 0 saturated carbocycles. The second-order valence-corrected chi connectivity index (χ2v) is 8.90. The van der Waals surface area contributed by atoms with Crippen LogP contribution in [0.1, 0.15) is 39.5 Å². The summed E-state index contributed by atoms with van der Waals surface area (Å²) in [4.78, 5) is 31.4. The number of benzene rings is 3. The van der Waals surface area contributed by atoms with Gasteiger partial charge in [-0.15, -0.1) is 0 Å². The molecule has 0 amide bonds. The lowest BCUT2D eigenvalue weighted by molar-refractivity contribution is 0.0962. The molecule has 0 bridgehead atoms. The van der Waals surface area contributed by atoms with Gasteiger partial charge in [-0.25, -0.2) is 19.9 Å². The van der Waals surface area contributed by atoms with Crippen LogP contribution < -0.4 is 5.32 Å². The first-order valence-corrected chi connectivity index (χ1v) is 11.7. The fourth-order valence-electron chi connectivity index (χ4n) is 4.63. The van der Waals surface area contributed by atoms with Crippen LogP contribution in [0.5, 0.6) is 0 Å². The SMILES string of the molecule is Cc1ccc([C@H]2CC(=O)c3cnc(Nc4nc(-c5ccccc5)c5ccccc5n4)nc3C2)cc1. The molecule has 3 aromatic carbocycles. The van der Waals surface area contributed by atoms with E-state index in [9.17, 15) is 4.79 Å². The average molecular weight is 458 g/mol. The van der Waals surface area contributed by atoms with Gasteiger partial charge in [0.25, 0.3) is 0 Å². The Morgan fingerprint density at radius 1 is 0.800 bits per heavy atom. The first-order valence-electron chi connectivity index (χ1n) is 11.7. The standard InChI is InChI=1S/C29H23N5O/c1-18-11-13-19(14-12-18)21-15-25-23(26(35)16-21)17-30-28(32-25)34-29-31-24-10-6-5-9-22(24)27(33-29)20-7-3-2-4-8-20/h2-14,17,21H,15-16H2,1H3,(H,30,31,32,33,34)/t21-/m1/s1. The van der Waals surface area contributed by atoms with Crippen molar-refractivity contribution in [2.45, 2.75) is 25.7 Å². The van der Waals surface area contributed by atoms with Crippen LogP contribution in [0.15, 0.2) is 85.1 Å². The number of aromatic nitrogens is 4. The maximum absolute atomic E-state index is 12.8. The van der Waals surface area contributed by atoms with E-state index in [0.29, 0.717) is 30.3 Å². The lowest BCUT2D eigenvalue weighted by Gasteiger charge is -2.23. The molecule has 6 rings (SSSR count). The van der Waals surface area contributed by atoms with E-state index >= 15 is 0 Å². The van der Waals surface area contributed by atoms with Crippen molar-refractivity contribution < 1.29 is 4.79 Å². The van der Waals surface area contributed by atoms with Crippen LogP contribution in [0.3, 0.4) is 0 Å². The van der Waals surface area contributed by atoms with Crippen molar-refractivity contribution in [1.82, 2.24) is 19.9 Å². The Morgan fingerprint density at radius 3 is 2.40 bits per heavy atom. The van der Waals surface area contributed by atoms with Gasteiger partial charge in [-0.05, 0) is 30.9 Å². The van der Waals surface area contributed by atoms with E-state index in [1.807, 2.05) is 54.6 Å². The molecule has 5 aromatic rings. The van der Waals surface area contributed by atoms with Crippen LogP contribution in [-0.4, -0.2) is 25.7 Å². The van der Waals surface area contributed by atoms with Gasteiger partial charge in [0.1, 0.15) is 0 Å². The minimum atomic E-state index is 0.0803. The van der Waals surface area contributed by atoms with Crippen molar-refractivity contribution in [2.24, 2.45) is 0 Å². The Balaban J connectivity index is 1.34. The zero-order valence-corrected chi connectivity index (χ0v) is 19.3. The van der Waals surface area contributed by atoms with Crippen molar-refractivity contribution in [3.8, 4) is 11.3 Å². The number of aryl methyl sites for hydroxylation is 1. The summed E-state index contributed by atoms with van der Waals surface area (Å²) in [6.45, 7) is 2.06. The van der Waals surface area contributed by atoms with Gasteiger partial charge in [0.05, 0.1) is 22.5 Å². The van der Waals surface area contributed by atoms with E-state index in [2.05, 4.69) is 46.5 Å². The van der Waals surface area contributed by atoms with Crippen molar-refractivity contribution in [3.63, 3.8) is 0 Å². The topological polar surface area (TPSA) is 80.7 Å². The molecule has 170 valence electrons. The molecular weight excluding hydrogens is 434 g/mol. The van der Waals surface area contributed by atoms with E-state index in [1.54, 1.807) is 6.20 Å². The zero-order valence-electron chi connectivity index (χ0n) is 19.3. The summed E-state index contributed by atoms with van der Waals surface area (Å²) in [7, 11) is 0. The fourth-order valence-corrected chi connectivity index (χ4v) is 4.63. The van der Waals surface area contributed by atoms with E-state index in [-0.39, 0.29) is 11.7 Å². The maximum Gasteiger partial charge on any atom is 0.230 e. The molecule has 0 radical (unpaired) electrons. The number of carbonyl (C=O) groups is 1. The predicted octanol–water partition coefficient (Wildman–Crippen LogP) is 6.05. The van der Waals surface area contributed by atoms with Crippen LogP contribution in [0.2, 0.25) is 0 Å². The van der Waals surface area contributed by atoms with Gasteiger partial charge in [0.2, 0.25) is 11.9 Å². The minimum absolute atomic E-state index is 0.0803. The van der Waals surface area contributed by atoms with E-state index < -0.39 is 0 Å². The molecule has 6 heteroatoms. The number of fused-ring (bicyclic) bond motifs is 2. The molecule has 2 heterocycles. The molecule has 2 aromatic heterocycles. The number of nitrogens with one attached hydrogen (secondary N) is 1. The Labute approximate surface area is 203 Å². The van der Waals surface area contributed by atoms with Crippen molar-refractivity contribution in [2.75, 3.05) is 5.32 Å². The molecule has 1 aliphatic rings. The molecule has 6 nitrogen and oxygen atoms in total. The third kappa shape index (κ3) is 4.15. The first kappa shape index (κ1) is 21.1. The highest BCUT2D eigenvalue weighted by Gasteiger charge is 2.28. The number of hydrogen-bond donors (Lipinski definition) is 1. The molecule has 35 heavy (non-hydrogen) atoms. The van der Waals surface area contributed by atoms with Gasteiger partial charge < -0.3 is 0 Å². The largest absolute Gasteiger partial charge is 0.294 e. The number of anilines is 2. The molecule has 0 spiro atoms. The van der Waals surface area contributed by atoms with Gasteiger partial charge in [-0.2, -0.15) is 0 Å². The summed E-state index contributed by atoms with van der Waals surface area (Å²) in [6, 6.07) is 26.3. The highest BCUT2D eigenvalue weighted by molar-refractivity contribution is 5.98. The van der Waals surface area contributed by atoms with Crippen LogP contribution >= 0.6 is 0 Å². The number of ketones is 1. The molecule has 1 atom stereocenters. The highest BCUT2D eigenvalue weighted by atomic mass is 16.1. The number of carbonyl (C=O) groups excluding carboxylic acids is 1. The Kier molecular flexibility index (Phi) is 5.26.